The summed E-state index contributed by atoms with van der Waals surface area (Å²) < 4.78 is 6.31. The van der Waals surface area contributed by atoms with Crippen molar-refractivity contribution in [3.05, 3.63) is 32.8 Å². The molecule has 2 unspecified atom stereocenters. The summed E-state index contributed by atoms with van der Waals surface area (Å²) in [6.45, 7) is 0. The third kappa shape index (κ3) is 3.45. The van der Waals surface area contributed by atoms with E-state index in [0.717, 1.165) is 29.4 Å². The molecule has 19 heavy (non-hydrogen) atoms. The number of nitrogens with one attached hydrogen (secondary N) is 1. The molecule has 1 aromatic carbocycles. The van der Waals surface area contributed by atoms with Crippen molar-refractivity contribution < 1.29 is 9.66 Å². The molecule has 0 radical (unpaired) electrons. The summed E-state index contributed by atoms with van der Waals surface area (Å²) in [5.41, 5.74) is 0.846. The van der Waals surface area contributed by atoms with Crippen LogP contribution in [0.2, 0.25) is 0 Å². The molecule has 0 spiro atoms. The molecule has 0 saturated heterocycles. The zero-order valence-electron chi connectivity index (χ0n) is 10.8. The first-order valence-electron chi connectivity index (χ1n) is 6.35. The number of nitrogens with zero attached hydrogens (tertiary/aromatic N) is 1. The van der Waals surface area contributed by atoms with Gasteiger partial charge in [-0.2, -0.15) is 0 Å². The number of benzene rings is 1. The molecule has 5 nitrogen and oxygen atoms in total. The highest BCUT2D eigenvalue weighted by Gasteiger charge is 2.25. The van der Waals surface area contributed by atoms with Gasteiger partial charge in [-0.1, -0.05) is 12.8 Å². The average molecular weight is 329 g/mol. The van der Waals surface area contributed by atoms with Crippen LogP contribution in [0.4, 0.5) is 11.4 Å². The van der Waals surface area contributed by atoms with Crippen LogP contribution in [0, 0.1) is 10.1 Å². The monoisotopic (exact) mass is 328 g/mol. The lowest BCUT2D eigenvalue weighted by atomic mass is 9.92. The van der Waals surface area contributed by atoms with Crippen LogP contribution >= 0.6 is 15.9 Å². The minimum atomic E-state index is -0.383. The Bertz CT molecular complexity index is 467. The number of nitro benzene ring substituents is 1. The molecule has 2 rings (SSSR count). The van der Waals surface area contributed by atoms with Crippen molar-refractivity contribution in [2.45, 2.75) is 37.8 Å². The molecule has 6 heteroatoms. The van der Waals surface area contributed by atoms with E-state index in [1.165, 1.54) is 12.5 Å². The maximum absolute atomic E-state index is 10.8. The van der Waals surface area contributed by atoms with Gasteiger partial charge in [-0.15, -0.1) is 0 Å². The van der Waals surface area contributed by atoms with E-state index in [0.29, 0.717) is 0 Å². The van der Waals surface area contributed by atoms with Gasteiger partial charge in [-0.05, 0) is 34.8 Å². The molecule has 2 atom stereocenters. The van der Waals surface area contributed by atoms with E-state index in [1.54, 1.807) is 19.2 Å². The number of hydrogen-bond donors (Lipinski definition) is 1. The van der Waals surface area contributed by atoms with Crippen LogP contribution in [0.15, 0.2) is 22.7 Å². The van der Waals surface area contributed by atoms with E-state index in [2.05, 4.69) is 21.2 Å². The quantitative estimate of drug-likeness (QED) is 0.675. The van der Waals surface area contributed by atoms with Crippen molar-refractivity contribution in [1.29, 1.82) is 0 Å². The summed E-state index contributed by atoms with van der Waals surface area (Å²) in [5, 5.41) is 14.2. The smallest absolute Gasteiger partial charge is 0.271 e. The fourth-order valence-corrected chi connectivity index (χ4v) is 2.84. The summed E-state index contributed by atoms with van der Waals surface area (Å²) >= 11 is 3.42. The van der Waals surface area contributed by atoms with E-state index in [1.807, 2.05) is 0 Å². The average Bonchev–Trinajstić information content (AvgIpc) is 2.41. The van der Waals surface area contributed by atoms with Gasteiger partial charge in [-0.25, -0.2) is 0 Å². The molecule has 0 bridgehead atoms. The molecule has 1 aliphatic rings. The molecule has 1 N–H and O–H groups in total. The van der Waals surface area contributed by atoms with E-state index in [-0.39, 0.29) is 22.8 Å². The topological polar surface area (TPSA) is 64.4 Å². The van der Waals surface area contributed by atoms with Crippen LogP contribution < -0.4 is 5.32 Å². The Labute approximate surface area is 120 Å². The second-order valence-corrected chi connectivity index (χ2v) is 5.59. The molecule has 0 heterocycles. The van der Waals surface area contributed by atoms with E-state index in [9.17, 15) is 10.1 Å². The highest BCUT2D eigenvalue weighted by atomic mass is 79.9. The predicted octanol–water partition coefficient (Wildman–Crippen LogP) is 3.73. The molecule has 1 aliphatic carbocycles. The standard InChI is InChI=1S/C13H17BrN2O3/c1-19-13-5-3-2-4-11(13)15-12-8-9(16(17)18)6-7-10(12)14/h6-8,11,13,15H,2-5H2,1H3. The Morgan fingerprint density at radius 1 is 1.42 bits per heavy atom. The summed E-state index contributed by atoms with van der Waals surface area (Å²) in [5.74, 6) is 0. The third-order valence-electron chi connectivity index (χ3n) is 3.51. The number of non-ortho nitro benzene ring substituents is 1. The largest absolute Gasteiger partial charge is 0.379 e. The normalized spacial score (nSPS) is 23.1. The lowest BCUT2D eigenvalue weighted by Gasteiger charge is -2.32. The number of nitro groups is 1. The minimum absolute atomic E-state index is 0.0930. The van der Waals surface area contributed by atoms with Crippen LogP contribution in [0.3, 0.4) is 0 Å². The highest BCUT2D eigenvalue weighted by molar-refractivity contribution is 9.10. The molecular formula is C13H17BrN2O3. The van der Waals surface area contributed by atoms with Gasteiger partial charge in [0.15, 0.2) is 0 Å². The number of rotatable bonds is 4. The van der Waals surface area contributed by atoms with Crippen molar-refractivity contribution in [1.82, 2.24) is 0 Å². The van der Waals surface area contributed by atoms with Crippen LogP contribution in [-0.4, -0.2) is 24.2 Å². The molecule has 0 aromatic heterocycles. The maximum Gasteiger partial charge on any atom is 0.271 e. The van der Waals surface area contributed by atoms with Gasteiger partial charge in [0.25, 0.3) is 5.69 Å². The molecular weight excluding hydrogens is 312 g/mol. The summed E-state index contributed by atoms with van der Waals surface area (Å²) in [6.07, 6.45) is 4.55. The van der Waals surface area contributed by atoms with Gasteiger partial charge in [0.1, 0.15) is 0 Å². The van der Waals surface area contributed by atoms with Crippen molar-refractivity contribution in [3.63, 3.8) is 0 Å². The van der Waals surface area contributed by atoms with Crippen molar-refractivity contribution in [2.24, 2.45) is 0 Å². The highest BCUT2D eigenvalue weighted by Crippen LogP contribution is 2.31. The number of halogens is 1. The Morgan fingerprint density at radius 3 is 2.84 bits per heavy atom. The Kier molecular flexibility index (Phi) is 4.76. The Balaban J connectivity index is 2.17. The summed E-state index contributed by atoms with van der Waals surface area (Å²) in [4.78, 5) is 10.4. The Morgan fingerprint density at radius 2 is 2.16 bits per heavy atom. The van der Waals surface area contributed by atoms with Crippen LogP contribution in [0.25, 0.3) is 0 Å². The van der Waals surface area contributed by atoms with Gasteiger partial charge in [0.05, 0.1) is 22.8 Å². The molecule has 104 valence electrons. The fourth-order valence-electron chi connectivity index (χ4n) is 2.48. The van der Waals surface area contributed by atoms with Crippen LogP contribution in [0.5, 0.6) is 0 Å². The molecule has 0 amide bonds. The predicted molar refractivity (Wildman–Crippen MR) is 77.5 cm³/mol. The van der Waals surface area contributed by atoms with Crippen molar-refractivity contribution in [2.75, 3.05) is 12.4 Å². The van der Waals surface area contributed by atoms with E-state index >= 15 is 0 Å². The first-order valence-corrected chi connectivity index (χ1v) is 7.14. The van der Waals surface area contributed by atoms with E-state index < -0.39 is 0 Å². The lowest BCUT2D eigenvalue weighted by molar-refractivity contribution is -0.384. The molecule has 1 aromatic rings. The second kappa shape index (κ2) is 6.34. The number of ether oxygens (including phenoxy) is 1. The zero-order chi connectivity index (χ0) is 13.8. The zero-order valence-corrected chi connectivity index (χ0v) is 12.4. The van der Waals surface area contributed by atoms with Gasteiger partial charge >= 0.3 is 0 Å². The SMILES string of the molecule is COC1CCCCC1Nc1cc([N+](=O)[O-])ccc1Br. The lowest BCUT2D eigenvalue weighted by Crippen LogP contribution is -2.37. The van der Waals surface area contributed by atoms with Crippen LogP contribution in [-0.2, 0) is 4.74 Å². The molecule has 1 fully saturated rings. The van der Waals surface area contributed by atoms with Crippen molar-refractivity contribution >= 4 is 27.3 Å². The number of anilines is 1. The Hall–Kier alpha value is -1.14. The number of methoxy groups -OCH3 is 1. The summed E-state index contributed by atoms with van der Waals surface area (Å²) in [6, 6.07) is 4.96. The first kappa shape index (κ1) is 14.3. The van der Waals surface area contributed by atoms with Gasteiger partial charge in [0.2, 0.25) is 0 Å². The van der Waals surface area contributed by atoms with Crippen LogP contribution in [0.1, 0.15) is 25.7 Å². The maximum atomic E-state index is 10.8. The third-order valence-corrected chi connectivity index (χ3v) is 4.20. The fraction of sp³-hybridized carbons (Fsp3) is 0.538. The van der Waals surface area contributed by atoms with Gasteiger partial charge in [0, 0.05) is 23.7 Å². The molecule has 0 aliphatic heterocycles. The minimum Gasteiger partial charge on any atom is -0.379 e. The second-order valence-electron chi connectivity index (χ2n) is 4.73. The van der Waals surface area contributed by atoms with Crippen molar-refractivity contribution in [3.8, 4) is 0 Å². The number of hydrogen-bond acceptors (Lipinski definition) is 4. The van der Waals surface area contributed by atoms with Gasteiger partial charge in [-0.3, -0.25) is 10.1 Å². The molecule has 1 saturated carbocycles. The summed E-state index contributed by atoms with van der Waals surface area (Å²) in [7, 11) is 1.72. The first-order chi connectivity index (χ1) is 9.11. The van der Waals surface area contributed by atoms with E-state index in [4.69, 9.17) is 4.74 Å². The van der Waals surface area contributed by atoms with Gasteiger partial charge < -0.3 is 10.1 Å².